The van der Waals surface area contributed by atoms with Crippen molar-refractivity contribution in [2.75, 3.05) is 5.75 Å². The molecule has 0 aromatic heterocycles. The molecule has 1 N–H and O–H groups in total. The van der Waals surface area contributed by atoms with Gasteiger partial charge in [0.05, 0.1) is 30.2 Å². The zero-order valence-corrected chi connectivity index (χ0v) is 7.08. The van der Waals surface area contributed by atoms with E-state index in [4.69, 9.17) is 15.1 Å². The summed E-state index contributed by atoms with van der Waals surface area (Å²) in [5.41, 5.74) is 0. The molecule has 0 aliphatic heterocycles. The zero-order valence-electron chi connectivity index (χ0n) is 6.27. The molecule has 0 heterocycles. The third-order valence-electron chi connectivity index (χ3n) is 1.24. The molecule has 0 bridgehead atoms. The smallest absolute Gasteiger partial charge is 0.264 e. The number of nitriles is 2. The average molecular weight is 188 g/mol. The Morgan fingerprint density at radius 3 is 2.33 bits per heavy atom. The number of hydrogen-bond donors (Lipinski definition) is 1. The van der Waals surface area contributed by atoms with Crippen LogP contribution in [-0.4, -0.2) is 18.7 Å². The Morgan fingerprint density at radius 1 is 1.42 bits per heavy atom. The van der Waals surface area contributed by atoms with Crippen LogP contribution in [0.4, 0.5) is 0 Å². The molecule has 5 nitrogen and oxygen atoms in total. The maximum atomic E-state index is 10.2. The maximum Gasteiger partial charge on any atom is 0.264 e. The molecule has 0 spiro atoms. The van der Waals surface area contributed by atoms with Gasteiger partial charge in [-0.1, -0.05) is 0 Å². The van der Waals surface area contributed by atoms with Gasteiger partial charge in [0.15, 0.2) is 0 Å². The van der Waals surface area contributed by atoms with Gasteiger partial charge in [0.1, 0.15) is 0 Å². The molecule has 66 valence electrons. The van der Waals surface area contributed by atoms with Crippen LogP contribution in [0.25, 0.3) is 0 Å². The van der Waals surface area contributed by atoms with Gasteiger partial charge in [-0.25, -0.2) is 0 Å². The normalized spacial score (nSPS) is 12.9. The highest BCUT2D eigenvalue weighted by atomic mass is 32.2. The third kappa shape index (κ3) is 5.66. The van der Waals surface area contributed by atoms with E-state index in [0.717, 1.165) is 0 Å². The van der Waals surface area contributed by atoms with Crippen LogP contribution in [-0.2, 0) is 10.1 Å². The van der Waals surface area contributed by atoms with E-state index in [1.807, 2.05) is 0 Å². The number of rotatable bonds is 4. The summed E-state index contributed by atoms with van der Waals surface area (Å²) < 4.78 is 28.7. The Hall–Kier alpha value is -1.11. The Kier molecular flexibility index (Phi) is 4.27. The van der Waals surface area contributed by atoms with Crippen LogP contribution >= 0.6 is 0 Å². The summed E-state index contributed by atoms with van der Waals surface area (Å²) in [6, 6.07) is 3.53. The minimum atomic E-state index is -4.01. The highest BCUT2D eigenvalue weighted by Gasteiger charge is 2.11. The van der Waals surface area contributed by atoms with Crippen molar-refractivity contribution in [3.8, 4) is 12.1 Å². The van der Waals surface area contributed by atoms with E-state index in [9.17, 15) is 8.42 Å². The van der Waals surface area contributed by atoms with Crippen LogP contribution in [0.1, 0.15) is 12.8 Å². The molecule has 1 unspecified atom stereocenters. The van der Waals surface area contributed by atoms with Crippen LogP contribution in [0.3, 0.4) is 0 Å². The fourth-order valence-corrected chi connectivity index (χ4v) is 1.20. The summed E-state index contributed by atoms with van der Waals surface area (Å²) in [4.78, 5) is 0. The quantitative estimate of drug-likeness (QED) is 0.640. The summed E-state index contributed by atoms with van der Waals surface area (Å²) in [5, 5.41) is 16.6. The van der Waals surface area contributed by atoms with Crippen molar-refractivity contribution in [2.24, 2.45) is 5.92 Å². The van der Waals surface area contributed by atoms with Gasteiger partial charge in [-0.05, 0) is 6.42 Å². The lowest BCUT2D eigenvalue weighted by molar-refractivity contribution is 0.476. The second-order valence-corrected chi connectivity index (χ2v) is 3.84. The predicted molar refractivity (Wildman–Crippen MR) is 40.4 cm³/mol. The second-order valence-electron chi connectivity index (χ2n) is 2.26. The first kappa shape index (κ1) is 10.9. The largest absolute Gasteiger partial charge is 0.286 e. The fraction of sp³-hybridized carbons (Fsp3) is 0.667. The summed E-state index contributed by atoms with van der Waals surface area (Å²) in [7, 11) is -4.01. The molecule has 0 aliphatic rings. The standard InChI is InChI=1S/C6H8N2O3S/c7-3-1-6(5-8)2-4-12(9,10)11/h6H,1-2,4H2,(H,9,10,11). The Balaban J connectivity index is 3.94. The molecule has 0 radical (unpaired) electrons. The highest BCUT2D eigenvalue weighted by Crippen LogP contribution is 2.07. The van der Waals surface area contributed by atoms with Gasteiger partial charge in [0, 0.05) is 0 Å². The topological polar surface area (TPSA) is 102 Å². The van der Waals surface area contributed by atoms with Crippen molar-refractivity contribution in [1.29, 1.82) is 10.5 Å². The van der Waals surface area contributed by atoms with Crippen molar-refractivity contribution < 1.29 is 13.0 Å². The van der Waals surface area contributed by atoms with Gasteiger partial charge in [-0.15, -0.1) is 0 Å². The Labute approximate surface area is 71.0 Å². The molecule has 0 saturated carbocycles. The molecule has 0 aliphatic carbocycles. The van der Waals surface area contributed by atoms with Crippen LogP contribution < -0.4 is 0 Å². The van der Waals surface area contributed by atoms with Crippen LogP contribution in [0.2, 0.25) is 0 Å². The lowest BCUT2D eigenvalue weighted by Crippen LogP contribution is -2.08. The molecule has 6 heteroatoms. The van der Waals surface area contributed by atoms with Gasteiger partial charge < -0.3 is 0 Å². The van der Waals surface area contributed by atoms with E-state index in [-0.39, 0.29) is 12.8 Å². The molecular weight excluding hydrogens is 180 g/mol. The van der Waals surface area contributed by atoms with Crippen molar-refractivity contribution in [3.05, 3.63) is 0 Å². The summed E-state index contributed by atoms with van der Waals surface area (Å²) in [6.07, 6.45) is -0.00505. The van der Waals surface area contributed by atoms with E-state index < -0.39 is 21.8 Å². The average Bonchev–Trinajstić information content (AvgIpc) is 1.96. The van der Waals surface area contributed by atoms with E-state index in [0.29, 0.717) is 0 Å². The fourth-order valence-electron chi connectivity index (χ4n) is 0.614. The van der Waals surface area contributed by atoms with Gasteiger partial charge in [-0.3, -0.25) is 4.55 Å². The summed E-state index contributed by atoms with van der Waals surface area (Å²) in [6.45, 7) is 0. The summed E-state index contributed by atoms with van der Waals surface area (Å²) >= 11 is 0. The zero-order chi connectivity index (χ0) is 9.61. The molecule has 0 fully saturated rings. The highest BCUT2D eigenvalue weighted by molar-refractivity contribution is 7.85. The number of hydrogen-bond acceptors (Lipinski definition) is 4. The van der Waals surface area contributed by atoms with Gasteiger partial charge in [0.25, 0.3) is 10.1 Å². The Morgan fingerprint density at radius 2 is 2.00 bits per heavy atom. The van der Waals surface area contributed by atoms with Crippen molar-refractivity contribution in [1.82, 2.24) is 0 Å². The van der Waals surface area contributed by atoms with Crippen LogP contribution in [0.15, 0.2) is 0 Å². The lowest BCUT2D eigenvalue weighted by Gasteiger charge is -2.00. The third-order valence-corrected chi connectivity index (χ3v) is 2.00. The minimum absolute atomic E-state index is 0.00287. The monoisotopic (exact) mass is 188 g/mol. The van der Waals surface area contributed by atoms with Crippen molar-refractivity contribution >= 4 is 10.1 Å². The molecule has 0 amide bonds. The van der Waals surface area contributed by atoms with E-state index in [2.05, 4.69) is 0 Å². The van der Waals surface area contributed by atoms with E-state index >= 15 is 0 Å². The Bertz CT molecular complexity index is 309. The van der Waals surface area contributed by atoms with Gasteiger partial charge >= 0.3 is 0 Å². The molecule has 0 aromatic carbocycles. The molecule has 0 rings (SSSR count). The molecule has 1 atom stereocenters. The number of nitrogens with zero attached hydrogens (tertiary/aromatic N) is 2. The van der Waals surface area contributed by atoms with Gasteiger partial charge in [-0.2, -0.15) is 18.9 Å². The molecule has 0 aromatic rings. The predicted octanol–water partition coefficient (Wildman–Crippen LogP) is 0.318. The van der Waals surface area contributed by atoms with Crippen LogP contribution in [0.5, 0.6) is 0 Å². The maximum absolute atomic E-state index is 10.2. The first-order chi connectivity index (χ1) is 5.49. The van der Waals surface area contributed by atoms with Crippen molar-refractivity contribution in [3.63, 3.8) is 0 Å². The minimum Gasteiger partial charge on any atom is -0.286 e. The van der Waals surface area contributed by atoms with E-state index in [1.54, 1.807) is 12.1 Å². The molecule has 12 heavy (non-hydrogen) atoms. The molecular formula is C6H8N2O3S. The second kappa shape index (κ2) is 4.70. The van der Waals surface area contributed by atoms with Gasteiger partial charge in [0.2, 0.25) is 0 Å². The van der Waals surface area contributed by atoms with Crippen LogP contribution in [0, 0.1) is 28.6 Å². The van der Waals surface area contributed by atoms with Crippen molar-refractivity contribution in [2.45, 2.75) is 12.8 Å². The first-order valence-corrected chi connectivity index (χ1v) is 4.82. The lowest BCUT2D eigenvalue weighted by atomic mass is 10.1. The SMILES string of the molecule is N#CCC(C#N)CCS(=O)(=O)O. The first-order valence-electron chi connectivity index (χ1n) is 3.21. The summed E-state index contributed by atoms with van der Waals surface area (Å²) in [5.74, 6) is -1.08. The molecule has 0 saturated heterocycles. The van der Waals surface area contributed by atoms with E-state index in [1.165, 1.54) is 0 Å².